The van der Waals surface area contributed by atoms with Crippen LogP contribution in [-0.2, 0) is 4.79 Å². The summed E-state index contributed by atoms with van der Waals surface area (Å²) in [6, 6.07) is 10.7. The lowest BCUT2D eigenvalue weighted by Crippen LogP contribution is -2.39. The van der Waals surface area contributed by atoms with Gasteiger partial charge in [-0.15, -0.1) is 0 Å². The molecule has 1 saturated heterocycles. The molecule has 2 aromatic rings. The number of ether oxygens (including phenoxy) is 3. The lowest BCUT2D eigenvalue weighted by atomic mass is 9.95. The molecule has 6 nitrogen and oxygen atoms in total. The minimum Gasteiger partial charge on any atom is -0.497 e. The van der Waals surface area contributed by atoms with Crippen LogP contribution in [0.3, 0.4) is 0 Å². The summed E-state index contributed by atoms with van der Waals surface area (Å²) in [7, 11) is 4.80. The second kappa shape index (κ2) is 8.84. The summed E-state index contributed by atoms with van der Waals surface area (Å²) in [5.74, 6) is 1.17. The molecular weight excluding hydrogens is 426 g/mol. The lowest BCUT2D eigenvalue weighted by molar-refractivity contribution is -0.142. The van der Waals surface area contributed by atoms with Gasteiger partial charge in [0, 0.05) is 11.0 Å². The first-order valence-corrected chi connectivity index (χ1v) is 9.83. The average Bonchev–Trinajstić information content (AvgIpc) is 3.19. The van der Waals surface area contributed by atoms with Crippen molar-refractivity contribution >= 4 is 21.9 Å². The maximum atomic E-state index is 11.9. The SMILES string of the molecule is COc1ccc(C(c2cc(OC)c(OC)cc2Br)N2CCCC2C(=O)O)cc1. The zero-order chi connectivity index (χ0) is 20.3. The number of rotatable bonds is 7. The molecule has 0 bridgehead atoms. The van der Waals surface area contributed by atoms with E-state index in [4.69, 9.17) is 14.2 Å². The number of nitrogens with zero attached hydrogens (tertiary/aromatic N) is 1. The Morgan fingerprint density at radius 2 is 1.75 bits per heavy atom. The molecule has 0 amide bonds. The van der Waals surface area contributed by atoms with E-state index in [2.05, 4.69) is 15.9 Å². The zero-order valence-electron chi connectivity index (χ0n) is 16.1. The second-order valence-electron chi connectivity index (χ2n) is 6.64. The molecule has 2 atom stereocenters. The standard InChI is InChI=1S/C21H24BrNO5/c1-26-14-8-6-13(7-9-14)20(23-10-4-5-17(23)21(24)25)15-11-18(27-2)19(28-3)12-16(15)22/h6-9,11-12,17,20H,4-5,10H2,1-3H3,(H,24,25). The third kappa shape index (κ3) is 3.95. The Morgan fingerprint density at radius 1 is 1.11 bits per heavy atom. The molecule has 0 radical (unpaired) electrons. The first kappa shape index (κ1) is 20.5. The summed E-state index contributed by atoms with van der Waals surface area (Å²) in [4.78, 5) is 13.9. The monoisotopic (exact) mass is 449 g/mol. The highest BCUT2D eigenvalue weighted by Gasteiger charge is 2.38. The van der Waals surface area contributed by atoms with E-state index in [0.717, 1.165) is 27.8 Å². The van der Waals surface area contributed by atoms with Gasteiger partial charge in [-0.2, -0.15) is 0 Å². The van der Waals surface area contributed by atoms with Crippen LogP contribution in [0.2, 0.25) is 0 Å². The van der Waals surface area contributed by atoms with Gasteiger partial charge in [-0.1, -0.05) is 28.1 Å². The van der Waals surface area contributed by atoms with Gasteiger partial charge >= 0.3 is 5.97 Å². The number of hydrogen-bond donors (Lipinski definition) is 1. The molecule has 2 unspecified atom stereocenters. The zero-order valence-corrected chi connectivity index (χ0v) is 17.7. The van der Waals surface area contributed by atoms with Gasteiger partial charge in [0.15, 0.2) is 11.5 Å². The van der Waals surface area contributed by atoms with Crippen molar-refractivity contribution in [3.8, 4) is 17.2 Å². The van der Waals surface area contributed by atoms with Gasteiger partial charge in [-0.25, -0.2) is 0 Å². The highest BCUT2D eigenvalue weighted by atomic mass is 79.9. The minimum atomic E-state index is -0.799. The van der Waals surface area contributed by atoms with E-state index in [9.17, 15) is 9.90 Å². The fourth-order valence-corrected chi connectivity index (χ4v) is 4.32. The number of aliphatic carboxylic acids is 1. The number of carboxylic acid groups (broad SMARTS) is 1. The van der Waals surface area contributed by atoms with E-state index in [1.807, 2.05) is 41.3 Å². The number of carbonyl (C=O) groups is 1. The van der Waals surface area contributed by atoms with Crippen LogP contribution in [0.5, 0.6) is 17.2 Å². The van der Waals surface area contributed by atoms with Gasteiger partial charge in [0.1, 0.15) is 11.8 Å². The van der Waals surface area contributed by atoms with Crippen molar-refractivity contribution in [1.82, 2.24) is 4.90 Å². The van der Waals surface area contributed by atoms with Gasteiger partial charge in [0.25, 0.3) is 0 Å². The number of hydrogen-bond acceptors (Lipinski definition) is 5. The first-order valence-electron chi connectivity index (χ1n) is 9.04. The third-order valence-electron chi connectivity index (χ3n) is 5.14. The van der Waals surface area contributed by atoms with E-state index >= 15 is 0 Å². The number of carboxylic acids is 1. The van der Waals surface area contributed by atoms with E-state index < -0.39 is 12.0 Å². The maximum Gasteiger partial charge on any atom is 0.320 e. The molecule has 7 heteroatoms. The van der Waals surface area contributed by atoms with Gasteiger partial charge in [0.05, 0.1) is 27.4 Å². The molecule has 3 rings (SSSR count). The Bertz CT molecular complexity index is 839. The fourth-order valence-electron chi connectivity index (χ4n) is 3.78. The summed E-state index contributed by atoms with van der Waals surface area (Å²) in [5.41, 5.74) is 1.91. The molecular formula is C21H24BrNO5. The Balaban J connectivity index is 2.14. The molecule has 0 aromatic heterocycles. The summed E-state index contributed by atoms with van der Waals surface area (Å²) in [5, 5.41) is 9.74. The molecule has 1 aliphatic rings. The Labute approximate surface area is 173 Å². The highest BCUT2D eigenvalue weighted by Crippen LogP contribution is 2.42. The molecule has 1 heterocycles. The number of benzene rings is 2. The first-order chi connectivity index (χ1) is 13.5. The summed E-state index contributed by atoms with van der Waals surface area (Å²) < 4.78 is 17.0. The molecule has 2 aromatic carbocycles. The van der Waals surface area contributed by atoms with Crippen molar-refractivity contribution in [2.24, 2.45) is 0 Å². The van der Waals surface area contributed by atoms with Crippen LogP contribution in [0, 0.1) is 0 Å². The number of likely N-dealkylation sites (tertiary alicyclic amines) is 1. The van der Waals surface area contributed by atoms with Crippen molar-refractivity contribution in [3.05, 3.63) is 52.0 Å². The minimum absolute atomic E-state index is 0.247. The normalized spacial score (nSPS) is 17.9. The fraction of sp³-hybridized carbons (Fsp3) is 0.381. The molecule has 150 valence electrons. The van der Waals surface area contributed by atoms with E-state index in [-0.39, 0.29) is 6.04 Å². The smallest absolute Gasteiger partial charge is 0.320 e. The number of halogens is 1. The Kier molecular flexibility index (Phi) is 6.46. The second-order valence-corrected chi connectivity index (χ2v) is 7.49. The van der Waals surface area contributed by atoms with Gasteiger partial charge in [-0.3, -0.25) is 9.69 Å². The van der Waals surface area contributed by atoms with Gasteiger partial charge in [0.2, 0.25) is 0 Å². The molecule has 1 aliphatic heterocycles. The van der Waals surface area contributed by atoms with Crippen LogP contribution >= 0.6 is 15.9 Å². The van der Waals surface area contributed by atoms with Crippen LogP contribution in [-0.4, -0.2) is 49.9 Å². The quantitative estimate of drug-likeness (QED) is 0.685. The molecule has 0 aliphatic carbocycles. The molecule has 0 spiro atoms. The van der Waals surface area contributed by atoms with Crippen molar-refractivity contribution in [2.45, 2.75) is 24.9 Å². The maximum absolute atomic E-state index is 11.9. The van der Waals surface area contributed by atoms with Crippen molar-refractivity contribution < 1.29 is 24.1 Å². The molecule has 0 saturated carbocycles. The van der Waals surface area contributed by atoms with Crippen molar-refractivity contribution in [1.29, 1.82) is 0 Å². The van der Waals surface area contributed by atoms with E-state index in [0.29, 0.717) is 24.5 Å². The van der Waals surface area contributed by atoms with E-state index in [1.54, 1.807) is 21.3 Å². The molecule has 28 heavy (non-hydrogen) atoms. The predicted octanol–water partition coefficient (Wildman–Crippen LogP) is 4.11. The average molecular weight is 450 g/mol. The summed E-state index contributed by atoms with van der Waals surface area (Å²) in [6.45, 7) is 0.703. The van der Waals surface area contributed by atoms with E-state index in [1.165, 1.54) is 0 Å². The largest absolute Gasteiger partial charge is 0.497 e. The van der Waals surface area contributed by atoms with Crippen LogP contribution < -0.4 is 14.2 Å². The van der Waals surface area contributed by atoms with Crippen LogP contribution in [0.4, 0.5) is 0 Å². The van der Waals surface area contributed by atoms with Crippen LogP contribution in [0.25, 0.3) is 0 Å². The third-order valence-corrected chi connectivity index (χ3v) is 5.83. The van der Waals surface area contributed by atoms with Crippen molar-refractivity contribution in [2.75, 3.05) is 27.9 Å². The Morgan fingerprint density at radius 3 is 2.32 bits per heavy atom. The van der Waals surface area contributed by atoms with Gasteiger partial charge < -0.3 is 19.3 Å². The van der Waals surface area contributed by atoms with Crippen molar-refractivity contribution in [3.63, 3.8) is 0 Å². The predicted molar refractivity (Wildman–Crippen MR) is 109 cm³/mol. The van der Waals surface area contributed by atoms with Crippen LogP contribution in [0.15, 0.2) is 40.9 Å². The number of methoxy groups -OCH3 is 3. The Hall–Kier alpha value is -2.25. The molecule has 1 N–H and O–H groups in total. The topological polar surface area (TPSA) is 68.2 Å². The molecule has 1 fully saturated rings. The lowest BCUT2D eigenvalue weighted by Gasteiger charge is -2.33. The highest BCUT2D eigenvalue weighted by molar-refractivity contribution is 9.10. The van der Waals surface area contributed by atoms with Gasteiger partial charge in [-0.05, 0) is 48.2 Å². The summed E-state index contributed by atoms with van der Waals surface area (Å²) >= 11 is 3.65. The van der Waals surface area contributed by atoms with Crippen LogP contribution in [0.1, 0.15) is 30.0 Å². The summed E-state index contributed by atoms with van der Waals surface area (Å²) in [6.07, 6.45) is 1.47.